The van der Waals surface area contributed by atoms with Crippen molar-refractivity contribution in [1.29, 1.82) is 0 Å². The molecular formula is C11H9N3O5. The first kappa shape index (κ1) is 12.6. The first-order chi connectivity index (χ1) is 8.97. The third-order valence-corrected chi connectivity index (χ3v) is 2.52. The Bertz CT molecular complexity index is 746. The summed E-state index contributed by atoms with van der Waals surface area (Å²) in [6, 6.07) is 5.67. The lowest BCUT2D eigenvalue weighted by Gasteiger charge is -2.03. The van der Waals surface area contributed by atoms with Crippen molar-refractivity contribution in [3.05, 3.63) is 66.3 Å². The Balaban J connectivity index is 2.42. The van der Waals surface area contributed by atoms with Crippen molar-refractivity contribution in [3.63, 3.8) is 0 Å². The van der Waals surface area contributed by atoms with Crippen LogP contribution in [0.4, 0.5) is 5.69 Å². The molecule has 0 saturated heterocycles. The molecule has 98 valence electrons. The topological polar surface area (TPSA) is 129 Å². The Hall–Kier alpha value is -2.90. The molecule has 3 N–H and O–H groups in total. The number of nitro benzene ring substituents is 1. The largest absolute Gasteiger partial charge is 0.494 e. The Morgan fingerprint density at radius 3 is 2.63 bits per heavy atom. The van der Waals surface area contributed by atoms with Gasteiger partial charge >= 0.3 is 5.69 Å². The van der Waals surface area contributed by atoms with E-state index in [4.69, 9.17) is 0 Å². The molecule has 0 spiro atoms. The molecule has 0 aliphatic heterocycles. The van der Waals surface area contributed by atoms with Crippen LogP contribution in [0.25, 0.3) is 0 Å². The second-order valence-electron chi connectivity index (χ2n) is 3.84. The number of non-ortho nitro benzene ring substituents is 1. The monoisotopic (exact) mass is 263 g/mol. The lowest BCUT2D eigenvalue weighted by Crippen LogP contribution is -2.25. The van der Waals surface area contributed by atoms with E-state index in [2.05, 4.69) is 0 Å². The summed E-state index contributed by atoms with van der Waals surface area (Å²) in [6.07, 6.45) is -0.0281. The summed E-state index contributed by atoms with van der Waals surface area (Å²) < 4.78 is 0. The highest BCUT2D eigenvalue weighted by atomic mass is 16.6. The van der Waals surface area contributed by atoms with Crippen molar-refractivity contribution < 1.29 is 10.0 Å². The minimum absolute atomic E-state index is 0.0281. The summed E-state index contributed by atoms with van der Waals surface area (Å²) >= 11 is 0. The van der Waals surface area contributed by atoms with Crippen molar-refractivity contribution in [2.24, 2.45) is 0 Å². The molecule has 0 bridgehead atoms. The molecule has 1 heterocycles. The van der Waals surface area contributed by atoms with Gasteiger partial charge in [-0.05, 0) is 5.56 Å². The summed E-state index contributed by atoms with van der Waals surface area (Å²) in [4.78, 5) is 36.5. The number of nitrogens with one attached hydrogen (secondary N) is 2. The number of rotatable bonds is 3. The van der Waals surface area contributed by atoms with Crippen LogP contribution in [0.2, 0.25) is 0 Å². The molecule has 2 aromatic rings. The first-order valence-electron chi connectivity index (χ1n) is 5.25. The van der Waals surface area contributed by atoms with Gasteiger partial charge in [-0.1, -0.05) is 12.1 Å². The maximum absolute atomic E-state index is 11.5. The Morgan fingerprint density at radius 1 is 1.26 bits per heavy atom. The van der Waals surface area contributed by atoms with Gasteiger partial charge in [0.15, 0.2) is 0 Å². The van der Waals surface area contributed by atoms with Crippen molar-refractivity contribution in [2.45, 2.75) is 6.42 Å². The molecule has 0 aliphatic carbocycles. The molecule has 0 aliphatic rings. The van der Waals surface area contributed by atoms with Crippen LogP contribution >= 0.6 is 0 Å². The van der Waals surface area contributed by atoms with E-state index in [0.29, 0.717) is 5.56 Å². The molecule has 0 saturated carbocycles. The molecule has 0 radical (unpaired) electrons. The molecule has 8 heteroatoms. The number of H-pyrrole nitrogens is 2. The zero-order valence-corrected chi connectivity index (χ0v) is 9.54. The van der Waals surface area contributed by atoms with E-state index in [-0.39, 0.29) is 17.7 Å². The second-order valence-corrected chi connectivity index (χ2v) is 3.84. The average Bonchev–Trinajstić information content (AvgIpc) is 2.34. The molecule has 19 heavy (non-hydrogen) atoms. The predicted molar refractivity (Wildman–Crippen MR) is 65.3 cm³/mol. The smallest absolute Gasteiger partial charge is 0.328 e. The summed E-state index contributed by atoms with van der Waals surface area (Å²) in [7, 11) is 0. The molecule has 0 fully saturated rings. The maximum atomic E-state index is 11.5. The van der Waals surface area contributed by atoms with Gasteiger partial charge in [0.25, 0.3) is 11.2 Å². The Morgan fingerprint density at radius 2 is 2.00 bits per heavy atom. The SMILES string of the molecule is O=c1[nH]c(O)c(Cc2cccc([N+](=O)[O-])c2)c(=O)[nH]1. The molecular weight excluding hydrogens is 254 g/mol. The van der Waals surface area contributed by atoms with E-state index >= 15 is 0 Å². The lowest BCUT2D eigenvalue weighted by atomic mass is 10.1. The third kappa shape index (κ3) is 2.68. The van der Waals surface area contributed by atoms with E-state index < -0.39 is 22.1 Å². The van der Waals surface area contributed by atoms with Crippen LogP contribution in [0.3, 0.4) is 0 Å². The van der Waals surface area contributed by atoms with Crippen LogP contribution in [-0.4, -0.2) is 20.0 Å². The van der Waals surface area contributed by atoms with E-state index in [1.54, 1.807) is 6.07 Å². The van der Waals surface area contributed by atoms with Gasteiger partial charge in [-0.3, -0.25) is 24.9 Å². The molecule has 0 atom stereocenters. The molecule has 1 aromatic carbocycles. The van der Waals surface area contributed by atoms with Gasteiger partial charge in [-0.15, -0.1) is 0 Å². The van der Waals surface area contributed by atoms with Crippen molar-refractivity contribution in [3.8, 4) is 5.88 Å². The van der Waals surface area contributed by atoms with E-state index in [9.17, 15) is 24.8 Å². The van der Waals surface area contributed by atoms with Crippen LogP contribution in [0.15, 0.2) is 33.9 Å². The van der Waals surface area contributed by atoms with Gasteiger partial charge in [-0.25, -0.2) is 4.79 Å². The second kappa shape index (κ2) is 4.77. The fraction of sp³-hybridized carbons (Fsp3) is 0.0909. The summed E-state index contributed by atoms with van der Waals surface area (Å²) in [5.41, 5.74) is -1.24. The quantitative estimate of drug-likeness (QED) is 0.540. The van der Waals surface area contributed by atoms with Crippen molar-refractivity contribution in [1.82, 2.24) is 9.97 Å². The molecule has 8 nitrogen and oxygen atoms in total. The Kier molecular flexibility index (Phi) is 3.15. The molecule has 0 unspecified atom stereocenters. The number of benzene rings is 1. The average molecular weight is 263 g/mol. The van der Waals surface area contributed by atoms with Crippen LogP contribution in [-0.2, 0) is 6.42 Å². The number of hydrogen-bond acceptors (Lipinski definition) is 5. The number of nitrogens with zero attached hydrogens (tertiary/aromatic N) is 1. The predicted octanol–water partition coefficient (Wildman–Crippen LogP) is 0.268. The number of aromatic hydroxyl groups is 1. The highest BCUT2D eigenvalue weighted by molar-refractivity contribution is 5.37. The van der Waals surface area contributed by atoms with Gasteiger partial charge in [0.2, 0.25) is 5.88 Å². The van der Waals surface area contributed by atoms with Crippen LogP contribution in [0, 0.1) is 10.1 Å². The fourth-order valence-electron chi connectivity index (χ4n) is 1.65. The first-order valence-corrected chi connectivity index (χ1v) is 5.25. The number of hydrogen-bond donors (Lipinski definition) is 3. The summed E-state index contributed by atoms with van der Waals surface area (Å²) in [5.74, 6) is -0.541. The van der Waals surface area contributed by atoms with Crippen molar-refractivity contribution >= 4 is 5.69 Å². The van der Waals surface area contributed by atoms with Gasteiger partial charge in [0.1, 0.15) is 0 Å². The van der Waals surface area contributed by atoms with Crippen LogP contribution < -0.4 is 11.2 Å². The lowest BCUT2D eigenvalue weighted by molar-refractivity contribution is -0.384. The normalized spacial score (nSPS) is 10.3. The van der Waals surface area contributed by atoms with Crippen molar-refractivity contribution in [2.75, 3.05) is 0 Å². The number of aromatic amines is 2. The zero-order valence-electron chi connectivity index (χ0n) is 9.54. The third-order valence-electron chi connectivity index (χ3n) is 2.52. The summed E-state index contributed by atoms with van der Waals surface area (Å²) in [5, 5.41) is 20.1. The summed E-state index contributed by atoms with van der Waals surface area (Å²) in [6.45, 7) is 0. The molecule has 1 aromatic heterocycles. The highest BCUT2D eigenvalue weighted by Gasteiger charge is 2.11. The van der Waals surface area contributed by atoms with E-state index in [0.717, 1.165) is 0 Å². The minimum Gasteiger partial charge on any atom is -0.494 e. The molecule has 0 amide bonds. The Labute approximate surface area is 105 Å². The highest BCUT2D eigenvalue weighted by Crippen LogP contribution is 2.17. The minimum atomic E-state index is -0.815. The number of nitro groups is 1. The zero-order chi connectivity index (χ0) is 14.0. The van der Waals surface area contributed by atoms with Crippen LogP contribution in [0.5, 0.6) is 5.88 Å². The van der Waals surface area contributed by atoms with E-state index in [1.165, 1.54) is 18.2 Å². The van der Waals surface area contributed by atoms with Gasteiger partial charge in [0, 0.05) is 18.6 Å². The van der Waals surface area contributed by atoms with E-state index in [1.807, 2.05) is 9.97 Å². The number of aromatic nitrogens is 2. The van der Waals surface area contributed by atoms with Gasteiger partial charge in [-0.2, -0.15) is 0 Å². The maximum Gasteiger partial charge on any atom is 0.328 e. The van der Waals surface area contributed by atoms with Crippen LogP contribution in [0.1, 0.15) is 11.1 Å². The van der Waals surface area contributed by atoms with Gasteiger partial charge in [0.05, 0.1) is 10.5 Å². The molecule has 2 rings (SSSR count). The van der Waals surface area contributed by atoms with Gasteiger partial charge < -0.3 is 5.11 Å². The standard InChI is InChI=1S/C11H9N3O5/c15-9-8(10(16)13-11(17)12-9)5-6-2-1-3-7(4-6)14(18)19/h1-4H,5H2,(H3,12,13,15,16,17). The fourth-order valence-corrected chi connectivity index (χ4v) is 1.65.